The minimum absolute atomic E-state index is 0.0823. The molecule has 3 fully saturated rings. The highest BCUT2D eigenvalue weighted by atomic mass is 35.5. The van der Waals surface area contributed by atoms with E-state index >= 15 is 0 Å². The molecule has 53 heavy (non-hydrogen) atoms. The van der Waals surface area contributed by atoms with Crippen molar-refractivity contribution in [3.05, 3.63) is 58.1 Å². The van der Waals surface area contributed by atoms with Gasteiger partial charge in [0.15, 0.2) is 0 Å². The molecule has 4 aliphatic rings. The maximum absolute atomic E-state index is 13.6. The van der Waals surface area contributed by atoms with Gasteiger partial charge in [0, 0.05) is 82.6 Å². The van der Waals surface area contributed by atoms with E-state index in [2.05, 4.69) is 38.3 Å². The van der Waals surface area contributed by atoms with Crippen LogP contribution in [0.25, 0.3) is 0 Å². The van der Waals surface area contributed by atoms with Crippen molar-refractivity contribution in [2.45, 2.75) is 89.7 Å². The molecule has 2 saturated heterocycles. The second-order valence-corrected chi connectivity index (χ2v) is 19.0. The van der Waals surface area contributed by atoms with Crippen molar-refractivity contribution in [1.82, 2.24) is 19.4 Å². The number of aryl methyl sites for hydroxylation is 1. The van der Waals surface area contributed by atoms with Crippen LogP contribution in [0.15, 0.2) is 36.4 Å². The molecule has 294 valence electrons. The third-order valence-electron chi connectivity index (χ3n) is 13.0. The zero-order valence-electron chi connectivity index (χ0n) is 32.8. The lowest BCUT2D eigenvalue weighted by atomic mass is 9.64. The van der Waals surface area contributed by atoms with Crippen molar-refractivity contribution in [3.8, 4) is 5.75 Å². The Kier molecular flexibility index (Phi) is 13.0. The summed E-state index contributed by atoms with van der Waals surface area (Å²) in [6.45, 7) is 17.3. The summed E-state index contributed by atoms with van der Waals surface area (Å²) in [5, 5.41) is 0.0304. The zero-order valence-corrected chi connectivity index (χ0v) is 34.4. The number of carbonyl (C=O) groups is 1. The Morgan fingerprint density at radius 1 is 1.04 bits per heavy atom. The van der Waals surface area contributed by atoms with Gasteiger partial charge in [-0.1, -0.05) is 37.9 Å². The molecule has 2 aromatic rings. The molecule has 1 N–H and O–H groups in total. The van der Waals surface area contributed by atoms with Crippen molar-refractivity contribution in [2.75, 3.05) is 78.0 Å². The lowest BCUT2D eigenvalue weighted by Crippen LogP contribution is -2.64. The minimum Gasteiger partial charge on any atom is -0.487 e. The average molecular weight is 772 g/mol. The third-order valence-corrected chi connectivity index (χ3v) is 15.2. The predicted octanol–water partition coefficient (Wildman–Crippen LogP) is 5.92. The van der Waals surface area contributed by atoms with Gasteiger partial charge >= 0.3 is 0 Å². The Morgan fingerprint density at radius 3 is 2.57 bits per heavy atom. The molecule has 1 amide bonds. The van der Waals surface area contributed by atoms with E-state index in [-0.39, 0.29) is 11.5 Å². The number of hydrogen-bond donors (Lipinski definition) is 1. The number of fused-ring (bicyclic) bond motifs is 3. The van der Waals surface area contributed by atoms with Gasteiger partial charge in [-0.05, 0) is 112 Å². The quantitative estimate of drug-likeness (QED) is 0.299. The highest BCUT2D eigenvalue weighted by Gasteiger charge is 2.47. The Bertz CT molecular complexity index is 1690. The van der Waals surface area contributed by atoms with Crippen LogP contribution in [0.4, 0.5) is 5.69 Å². The molecule has 0 unspecified atom stereocenters. The lowest BCUT2D eigenvalue weighted by Gasteiger charge is -2.53. The number of ether oxygens (including phenoxy) is 2. The molecule has 0 bridgehead atoms. The Labute approximate surface area is 323 Å². The largest absolute Gasteiger partial charge is 0.487 e. The number of benzene rings is 2. The smallest absolute Gasteiger partial charge is 0.264 e. The van der Waals surface area contributed by atoms with Gasteiger partial charge in [0.25, 0.3) is 5.91 Å². The molecule has 6 atom stereocenters. The van der Waals surface area contributed by atoms with E-state index in [1.54, 1.807) is 13.0 Å². The van der Waals surface area contributed by atoms with Gasteiger partial charge in [-0.15, -0.1) is 0 Å². The number of sulfonamides is 1. The van der Waals surface area contributed by atoms with Crippen LogP contribution < -0.4 is 14.4 Å². The standard InChI is InChI=1S/C41H62ClN5O5S/c1-7-29(2)30(3)53(49,50)43-40(48)32-13-16-39-38(23-32)47(17-9-8-10-31-22-35(42)14-11-34(31)27-52-39)24-33-12-15-37(33)41(4,51-6)28-45-19-21-46-20-18-44(5)25-36(46)26-45/h11,13-14,16,22-23,29-30,33,36-37H,7-10,12,15,17-21,24-28H2,1-6H3,(H,43,48)/t29-,30+,33-,36+,37+,41+/m0/s1. The number of nitrogens with zero attached hydrogens (tertiary/aromatic N) is 4. The zero-order chi connectivity index (χ0) is 37.9. The van der Waals surface area contributed by atoms with Crippen LogP contribution in [-0.2, 0) is 27.8 Å². The van der Waals surface area contributed by atoms with E-state index in [4.69, 9.17) is 21.1 Å². The van der Waals surface area contributed by atoms with Crippen LogP contribution in [0.2, 0.25) is 5.02 Å². The van der Waals surface area contributed by atoms with E-state index < -0.39 is 21.2 Å². The molecular weight excluding hydrogens is 710 g/mol. The lowest BCUT2D eigenvalue weighted by molar-refractivity contribution is -0.120. The maximum atomic E-state index is 13.6. The van der Waals surface area contributed by atoms with Crippen molar-refractivity contribution in [3.63, 3.8) is 0 Å². The number of amides is 1. The maximum Gasteiger partial charge on any atom is 0.264 e. The van der Waals surface area contributed by atoms with E-state index in [0.717, 1.165) is 107 Å². The number of halogens is 1. The molecule has 0 radical (unpaired) electrons. The highest BCUT2D eigenvalue weighted by Crippen LogP contribution is 2.46. The van der Waals surface area contributed by atoms with Crippen molar-refractivity contribution in [2.24, 2.45) is 17.8 Å². The topological polar surface area (TPSA) is 94.7 Å². The van der Waals surface area contributed by atoms with Crippen molar-refractivity contribution in [1.29, 1.82) is 0 Å². The molecule has 1 aliphatic carbocycles. The van der Waals surface area contributed by atoms with Gasteiger partial charge in [0.05, 0.1) is 16.5 Å². The fraction of sp³-hybridized carbons (Fsp3) is 0.683. The number of hydrogen-bond acceptors (Lipinski definition) is 9. The molecule has 1 saturated carbocycles. The molecule has 2 aromatic carbocycles. The predicted molar refractivity (Wildman–Crippen MR) is 214 cm³/mol. The minimum atomic E-state index is -3.86. The third kappa shape index (κ3) is 9.35. The molecular formula is C41H62ClN5O5S. The van der Waals surface area contributed by atoms with Crippen LogP contribution in [-0.4, -0.2) is 119 Å². The van der Waals surface area contributed by atoms with Crippen molar-refractivity contribution >= 4 is 33.2 Å². The van der Waals surface area contributed by atoms with Gasteiger partial charge in [-0.3, -0.25) is 14.6 Å². The first-order chi connectivity index (χ1) is 25.3. The van der Waals surface area contributed by atoms with E-state index in [9.17, 15) is 13.2 Å². The number of methoxy groups -OCH3 is 1. The SMILES string of the molecule is CC[C@H](C)[C@@H](C)S(=O)(=O)NC(=O)c1ccc2c(c1)N(C[C@@H]1CC[C@H]1[C@@](C)(CN1CCN3CCN(C)C[C@@H]3C1)OC)CCCCc1cc(Cl)ccc1CO2. The van der Waals surface area contributed by atoms with Crippen LogP contribution >= 0.6 is 11.6 Å². The van der Waals surface area contributed by atoms with Gasteiger partial charge in [0.2, 0.25) is 10.0 Å². The van der Waals surface area contributed by atoms with Crippen LogP contribution in [0.3, 0.4) is 0 Å². The monoisotopic (exact) mass is 771 g/mol. The summed E-state index contributed by atoms with van der Waals surface area (Å²) < 4.78 is 41.8. The van der Waals surface area contributed by atoms with Gasteiger partial charge in [-0.2, -0.15) is 0 Å². The summed E-state index contributed by atoms with van der Waals surface area (Å²) in [6, 6.07) is 11.9. The molecule has 3 aliphatic heterocycles. The van der Waals surface area contributed by atoms with E-state index in [1.807, 2.05) is 51.3 Å². The molecule has 3 heterocycles. The van der Waals surface area contributed by atoms with E-state index in [0.29, 0.717) is 42.2 Å². The summed E-state index contributed by atoms with van der Waals surface area (Å²) in [5.74, 6) is 0.759. The fourth-order valence-electron chi connectivity index (χ4n) is 8.97. The van der Waals surface area contributed by atoms with E-state index in [1.165, 1.54) is 5.56 Å². The summed E-state index contributed by atoms with van der Waals surface area (Å²) in [6.07, 6.45) is 5.76. The molecule has 0 spiro atoms. The summed E-state index contributed by atoms with van der Waals surface area (Å²) in [4.78, 5) is 23.7. The number of piperazine rings is 2. The Balaban J connectivity index is 1.24. The summed E-state index contributed by atoms with van der Waals surface area (Å²) in [5.41, 5.74) is 3.13. The molecule has 6 rings (SSSR count). The number of likely N-dealkylation sites (N-methyl/N-ethyl adjacent to an activating group) is 1. The fourth-order valence-corrected chi connectivity index (χ4v) is 10.5. The number of anilines is 1. The number of nitrogens with one attached hydrogen (secondary N) is 1. The van der Waals surface area contributed by atoms with Crippen LogP contribution in [0, 0.1) is 17.8 Å². The Morgan fingerprint density at radius 2 is 1.83 bits per heavy atom. The molecule has 10 nitrogen and oxygen atoms in total. The molecule has 12 heteroatoms. The second-order valence-electron chi connectivity index (χ2n) is 16.5. The first-order valence-corrected chi connectivity index (χ1v) is 21.8. The highest BCUT2D eigenvalue weighted by molar-refractivity contribution is 7.90. The van der Waals surface area contributed by atoms with Gasteiger partial charge < -0.3 is 19.3 Å². The molecule has 0 aromatic heterocycles. The van der Waals surface area contributed by atoms with Crippen LogP contribution in [0.5, 0.6) is 5.75 Å². The number of carbonyl (C=O) groups excluding carboxylic acids is 1. The van der Waals surface area contributed by atoms with Crippen molar-refractivity contribution < 1.29 is 22.7 Å². The second kappa shape index (κ2) is 17.2. The van der Waals surface area contributed by atoms with Gasteiger partial charge in [-0.25, -0.2) is 13.1 Å². The first-order valence-electron chi connectivity index (χ1n) is 19.8. The average Bonchev–Trinajstić information content (AvgIpc) is 3.15. The van der Waals surface area contributed by atoms with Crippen LogP contribution in [0.1, 0.15) is 81.3 Å². The first kappa shape index (κ1) is 40.3. The summed E-state index contributed by atoms with van der Waals surface area (Å²) >= 11 is 6.41. The Hall–Kier alpha value is -2.41. The normalized spacial score (nSPS) is 25.6. The summed E-state index contributed by atoms with van der Waals surface area (Å²) in [7, 11) is 0.247. The van der Waals surface area contributed by atoms with Gasteiger partial charge in [0.1, 0.15) is 12.4 Å². The number of rotatable bonds is 11.